The normalized spacial score (nSPS) is 9.88. The molecule has 3 N–H and O–H groups in total. The molecule has 0 unspecified atom stereocenters. The molecule has 0 radical (unpaired) electrons. The largest absolute Gasteiger partial charge is 0.396 e. The van der Waals surface area contributed by atoms with Crippen molar-refractivity contribution < 1.29 is 4.74 Å². The highest BCUT2D eigenvalue weighted by Gasteiger charge is 2.01. The molecule has 0 aliphatic rings. The monoisotopic (exact) mass is 234 g/mol. The van der Waals surface area contributed by atoms with E-state index in [4.69, 9.17) is 15.7 Å². The topological polar surface area (TPSA) is 84.0 Å². The zero-order valence-electron chi connectivity index (χ0n) is 10.1. The number of hydrogen-bond acceptors (Lipinski definition) is 5. The minimum absolute atomic E-state index is 0.252. The maximum atomic E-state index is 8.77. The molecular weight excluding hydrogens is 216 g/mol. The summed E-state index contributed by atoms with van der Waals surface area (Å²) in [6.45, 7) is 4.22. The van der Waals surface area contributed by atoms with Gasteiger partial charge in [0.2, 0.25) is 0 Å². The van der Waals surface area contributed by atoms with Crippen LogP contribution in [-0.2, 0) is 4.74 Å². The molecule has 92 valence electrons. The lowest BCUT2D eigenvalue weighted by molar-refractivity contribution is 0.141. The Bertz CT molecular complexity index is 387. The van der Waals surface area contributed by atoms with E-state index in [0.29, 0.717) is 24.7 Å². The van der Waals surface area contributed by atoms with Gasteiger partial charge in [0.25, 0.3) is 0 Å². The van der Waals surface area contributed by atoms with Crippen molar-refractivity contribution in [2.75, 3.05) is 30.8 Å². The molecule has 17 heavy (non-hydrogen) atoms. The Balaban J connectivity index is 2.30. The first-order valence-electron chi connectivity index (χ1n) is 5.76. The predicted molar refractivity (Wildman–Crippen MR) is 67.6 cm³/mol. The SMILES string of the molecule is CCCCOCCNc1ccc(N)c(C#N)n1. The molecule has 1 rings (SSSR count). The number of hydrogen-bond donors (Lipinski definition) is 2. The number of nitrogen functional groups attached to an aromatic ring is 1. The number of nitriles is 1. The van der Waals surface area contributed by atoms with Crippen molar-refractivity contribution in [2.45, 2.75) is 19.8 Å². The summed E-state index contributed by atoms with van der Waals surface area (Å²) in [6.07, 6.45) is 2.22. The van der Waals surface area contributed by atoms with Gasteiger partial charge in [-0.05, 0) is 18.6 Å². The third-order valence-corrected chi connectivity index (χ3v) is 2.23. The molecular formula is C12H18N4O. The lowest BCUT2D eigenvalue weighted by atomic mass is 10.3. The van der Waals surface area contributed by atoms with E-state index in [0.717, 1.165) is 19.4 Å². The highest BCUT2D eigenvalue weighted by Crippen LogP contribution is 2.11. The number of nitrogens with one attached hydrogen (secondary N) is 1. The van der Waals surface area contributed by atoms with Crippen molar-refractivity contribution in [2.24, 2.45) is 0 Å². The van der Waals surface area contributed by atoms with E-state index in [9.17, 15) is 0 Å². The summed E-state index contributed by atoms with van der Waals surface area (Å²) in [5.74, 6) is 0.648. The van der Waals surface area contributed by atoms with E-state index in [2.05, 4.69) is 17.2 Å². The number of anilines is 2. The quantitative estimate of drug-likeness (QED) is 0.702. The third-order valence-electron chi connectivity index (χ3n) is 2.23. The molecule has 1 aromatic rings. The number of rotatable bonds is 7. The molecule has 0 saturated carbocycles. The van der Waals surface area contributed by atoms with Gasteiger partial charge in [-0.3, -0.25) is 0 Å². The van der Waals surface area contributed by atoms with Crippen LogP contribution in [0.15, 0.2) is 12.1 Å². The molecule has 0 fully saturated rings. The highest BCUT2D eigenvalue weighted by molar-refractivity contribution is 5.54. The first kappa shape index (κ1) is 13.3. The van der Waals surface area contributed by atoms with Gasteiger partial charge in [0, 0.05) is 13.2 Å². The summed E-state index contributed by atoms with van der Waals surface area (Å²) < 4.78 is 5.40. The van der Waals surface area contributed by atoms with Gasteiger partial charge in [-0.25, -0.2) is 4.98 Å². The standard InChI is InChI=1S/C12H18N4O/c1-2-3-7-17-8-6-15-12-5-4-10(14)11(9-13)16-12/h4-5H,2-3,6-8,14H2,1H3,(H,15,16). The molecule has 0 saturated heterocycles. The molecule has 0 spiro atoms. The van der Waals surface area contributed by atoms with Gasteiger partial charge in [-0.1, -0.05) is 13.3 Å². The van der Waals surface area contributed by atoms with Crippen LogP contribution in [0.25, 0.3) is 0 Å². The number of aromatic nitrogens is 1. The Morgan fingerprint density at radius 1 is 1.47 bits per heavy atom. The van der Waals surface area contributed by atoms with Crippen LogP contribution in [0.3, 0.4) is 0 Å². The molecule has 1 aromatic heterocycles. The van der Waals surface area contributed by atoms with Crippen LogP contribution in [0, 0.1) is 11.3 Å². The van der Waals surface area contributed by atoms with Gasteiger partial charge in [0.05, 0.1) is 12.3 Å². The fourth-order valence-corrected chi connectivity index (χ4v) is 1.26. The smallest absolute Gasteiger partial charge is 0.165 e. The summed E-state index contributed by atoms with van der Waals surface area (Å²) >= 11 is 0. The number of unbranched alkanes of at least 4 members (excludes halogenated alkanes) is 1. The first-order chi connectivity index (χ1) is 8.27. The maximum absolute atomic E-state index is 8.77. The minimum atomic E-state index is 0.252. The van der Waals surface area contributed by atoms with E-state index < -0.39 is 0 Å². The Hall–Kier alpha value is -1.80. The van der Waals surface area contributed by atoms with Crippen molar-refractivity contribution in [3.05, 3.63) is 17.8 Å². The number of ether oxygens (including phenoxy) is 1. The number of pyridine rings is 1. The van der Waals surface area contributed by atoms with Crippen molar-refractivity contribution in [3.63, 3.8) is 0 Å². The summed E-state index contributed by atoms with van der Waals surface area (Å²) in [4.78, 5) is 4.07. The number of nitrogens with zero attached hydrogens (tertiary/aromatic N) is 2. The highest BCUT2D eigenvalue weighted by atomic mass is 16.5. The summed E-state index contributed by atoms with van der Waals surface area (Å²) in [7, 11) is 0. The summed E-state index contributed by atoms with van der Waals surface area (Å²) in [5.41, 5.74) is 6.22. The fraction of sp³-hybridized carbons (Fsp3) is 0.500. The summed E-state index contributed by atoms with van der Waals surface area (Å²) in [6, 6.07) is 5.37. The zero-order valence-corrected chi connectivity index (χ0v) is 10.1. The van der Waals surface area contributed by atoms with Crippen molar-refractivity contribution in [3.8, 4) is 6.07 Å². The Kier molecular flexibility index (Phi) is 5.83. The van der Waals surface area contributed by atoms with E-state index in [-0.39, 0.29) is 5.69 Å². The van der Waals surface area contributed by atoms with E-state index in [1.165, 1.54) is 0 Å². The average molecular weight is 234 g/mol. The van der Waals surface area contributed by atoms with Crippen molar-refractivity contribution in [1.29, 1.82) is 5.26 Å². The van der Waals surface area contributed by atoms with Crippen LogP contribution in [0.4, 0.5) is 11.5 Å². The minimum Gasteiger partial charge on any atom is -0.396 e. The lowest BCUT2D eigenvalue weighted by Gasteiger charge is -2.07. The molecule has 0 aliphatic heterocycles. The third kappa shape index (κ3) is 4.70. The van der Waals surface area contributed by atoms with Crippen LogP contribution in [0.5, 0.6) is 0 Å². The Labute approximate surface area is 102 Å². The van der Waals surface area contributed by atoms with Gasteiger partial charge in [-0.15, -0.1) is 0 Å². The van der Waals surface area contributed by atoms with Crippen LogP contribution in [0.2, 0.25) is 0 Å². The Morgan fingerprint density at radius 3 is 3.00 bits per heavy atom. The maximum Gasteiger partial charge on any atom is 0.165 e. The second-order valence-electron chi connectivity index (χ2n) is 3.64. The average Bonchev–Trinajstić information content (AvgIpc) is 2.35. The predicted octanol–water partition coefficient (Wildman–Crippen LogP) is 1.76. The molecule has 0 aromatic carbocycles. The molecule has 0 amide bonds. The molecule has 0 atom stereocenters. The van der Waals surface area contributed by atoms with E-state index in [1.807, 2.05) is 6.07 Å². The molecule has 0 bridgehead atoms. The van der Waals surface area contributed by atoms with Crippen LogP contribution in [0.1, 0.15) is 25.5 Å². The van der Waals surface area contributed by atoms with Crippen LogP contribution >= 0.6 is 0 Å². The fourth-order valence-electron chi connectivity index (χ4n) is 1.26. The first-order valence-corrected chi connectivity index (χ1v) is 5.76. The van der Waals surface area contributed by atoms with Gasteiger partial charge < -0.3 is 15.8 Å². The second kappa shape index (κ2) is 7.47. The van der Waals surface area contributed by atoms with Crippen molar-refractivity contribution >= 4 is 11.5 Å². The number of nitrogens with two attached hydrogens (primary N) is 1. The van der Waals surface area contributed by atoms with Crippen LogP contribution in [-0.4, -0.2) is 24.7 Å². The lowest BCUT2D eigenvalue weighted by Crippen LogP contribution is -2.11. The van der Waals surface area contributed by atoms with Crippen molar-refractivity contribution in [1.82, 2.24) is 4.98 Å². The summed E-state index contributed by atoms with van der Waals surface area (Å²) in [5, 5.41) is 11.8. The molecule has 5 nitrogen and oxygen atoms in total. The molecule has 5 heteroatoms. The van der Waals surface area contributed by atoms with Gasteiger partial charge in [0.1, 0.15) is 11.9 Å². The second-order valence-corrected chi connectivity index (χ2v) is 3.64. The van der Waals surface area contributed by atoms with E-state index in [1.54, 1.807) is 12.1 Å². The van der Waals surface area contributed by atoms with E-state index >= 15 is 0 Å². The molecule has 0 aliphatic carbocycles. The van der Waals surface area contributed by atoms with Crippen LogP contribution < -0.4 is 11.1 Å². The van der Waals surface area contributed by atoms with Gasteiger partial charge in [-0.2, -0.15) is 5.26 Å². The zero-order chi connectivity index (χ0) is 12.5. The van der Waals surface area contributed by atoms with Gasteiger partial charge in [0.15, 0.2) is 5.69 Å². The Morgan fingerprint density at radius 2 is 2.29 bits per heavy atom. The van der Waals surface area contributed by atoms with Gasteiger partial charge >= 0.3 is 0 Å². The molecule has 1 heterocycles.